The van der Waals surface area contributed by atoms with Gasteiger partial charge in [-0.15, -0.1) is 0 Å². The van der Waals surface area contributed by atoms with E-state index in [1.807, 2.05) is 31.2 Å². The summed E-state index contributed by atoms with van der Waals surface area (Å²) in [5.74, 6) is 0. The molecule has 1 aromatic heterocycles. The summed E-state index contributed by atoms with van der Waals surface area (Å²) in [5, 5.41) is 0. The van der Waals surface area contributed by atoms with Gasteiger partial charge < -0.3 is 4.98 Å². The molecule has 0 aliphatic carbocycles. The standard InChI is InChI=1S/C10H10N2O/c1-8-3-2-4-9(7-8)12-6-5-11-10(12)13/h2-7H,1H3,(H,11,13). The summed E-state index contributed by atoms with van der Waals surface area (Å²) >= 11 is 0. The normalized spacial score (nSPS) is 10.2. The molecule has 1 heterocycles. The lowest BCUT2D eigenvalue weighted by Crippen LogP contribution is -2.13. The summed E-state index contributed by atoms with van der Waals surface area (Å²) in [6.45, 7) is 2.00. The maximum Gasteiger partial charge on any atom is 0.330 e. The number of aromatic nitrogens is 2. The van der Waals surface area contributed by atoms with Crippen LogP contribution in [0.2, 0.25) is 0 Å². The van der Waals surface area contributed by atoms with Gasteiger partial charge in [0.05, 0.1) is 5.69 Å². The smallest absolute Gasteiger partial charge is 0.312 e. The van der Waals surface area contributed by atoms with Gasteiger partial charge in [-0.05, 0) is 24.6 Å². The van der Waals surface area contributed by atoms with Gasteiger partial charge in [-0.1, -0.05) is 12.1 Å². The topological polar surface area (TPSA) is 37.8 Å². The van der Waals surface area contributed by atoms with E-state index in [0.717, 1.165) is 11.3 Å². The fraction of sp³-hybridized carbons (Fsp3) is 0.100. The fourth-order valence-corrected chi connectivity index (χ4v) is 1.30. The highest BCUT2D eigenvalue weighted by molar-refractivity contribution is 5.34. The summed E-state index contributed by atoms with van der Waals surface area (Å²) < 4.78 is 1.58. The highest BCUT2D eigenvalue weighted by atomic mass is 16.1. The first-order valence-electron chi connectivity index (χ1n) is 4.10. The Morgan fingerprint density at radius 2 is 2.23 bits per heavy atom. The summed E-state index contributed by atoms with van der Waals surface area (Å²) in [6.07, 6.45) is 3.35. The van der Waals surface area contributed by atoms with Crippen LogP contribution in [0.25, 0.3) is 5.69 Å². The number of aromatic amines is 1. The predicted octanol–water partition coefficient (Wildman–Crippen LogP) is 1.47. The molecule has 0 aliphatic rings. The molecule has 0 bridgehead atoms. The first-order valence-corrected chi connectivity index (χ1v) is 4.10. The summed E-state index contributed by atoms with van der Waals surface area (Å²) in [5.41, 5.74) is 1.93. The van der Waals surface area contributed by atoms with Crippen LogP contribution < -0.4 is 5.69 Å². The minimum atomic E-state index is -0.106. The average Bonchev–Trinajstić information content (AvgIpc) is 2.51. The van der Waals surface area contributed by atoms with E-state index in [2.05, 4.69) is 4.98 Å². The summed E-state index contributed by atoms with van der Waals surface area (Å²) in [4.78, 5) is 13.8. The molecule has 0 saturated heterocycles. The third-order valence-electron chi connectivity index (χ3n) is 1.93. The highest BCUT2D eigenvalue weighted by Gasteiger charge is 1.98. The Bertz CT molecular complexity index is 468. The van der Waals surface area contributed by atoms with Gasteiger partial charge in [0.25, 0.3) is 0 Å². The molecule has 2 aromatic rings. The van der Waals surface area contributed by atoms with Crippen LogP contribution in [0.3, 0.4) is 0 Å². The molecule has 0 saturated carbocycles. The first kappa shape index (κ1) is 7.86. The van der Waals surface area contributed by atoms with Crippen molar-refractivity contribution in [3.63, 3.8) is 0 Å². The zero-order valence-electron chi connectivity index (χ0n) is 7.32. The molecular weight excluding hydrogens is 164 g/mol. The van der Waals surface area contributed by atoms with Gasteiger partial charge in [-0.2, -0.15) is 0 Å². The van der Waals surface area contributed by atoms with Crippen molar-refractivity contribution in [1.29, 1.82) is 0 Å². The van der Waals surface area contributed by atoms with Gasteiger partial charge >= 0.3 is 5.69 Å². The number of rotatable bonds is 1. The maximum absolute atomic E-state index is 11.2. The Kier molecular flexibility index (Phi) is 1.77. The third kappa shape index (κ3) is 1.40. The molecule has 3 nitrogen and oxygen atoms in total. The number of nitrogens with one attached hydrogen (secondary N) is 1. The highest BCUT2D eigenvalue weighted by Crippen LogP contribution is 2.06. The molecule has 0 spiro atoms. The van der Waals surface area contributed by atoms with Crippen LogP contribution in [-0.4, -0.2) is 9.55 Å². The molecule has 66 valence electrons. The molecule has 1 N–H and O–H groups in total. The zero-order chi connectivity index (χ0) is 9.26. The van der Waals surface area contributed by atoms with Gasteiger partial charge in [-0.3, -0.25) is 4.57 Å². The second kappa shape index (κ2) is 2.94. The number of hydrogen-bond acceptors (Lipinski definition) is 1. The minimum Gasteiger partial charge on any atom is -0.312 e. The molecule has 0 radical (unpaired) electrons. The molecule has 0 unspecified atom stereocenters. The molecule has 0 amide bonds. The van der Waals surface area contributed by atoms with E-state index in [9.17, 15) is 4.79 Å². The second-order valence-electron chi connectivity index (χ2n) is 2.97. The number of hydrogen-bond donors (Lipinski definition) is 1. The Hall–Kier alpha value is -1.77. The van der Waals surface area contributed by atoms with E-state index < -0.39 is 0 Å². The van der Waals surface area contributed by atoms with Gasteiger partial charge in [0, 0.05) is 12.4 Å². The molecule has 13 heavy (non-hydrogen) atoms. The van der Waals surface area contributed by atoms with Crippen molar-refractivity contribution < 1.29 is 0 Å². The summed E-state index contributed by atoms with van der Waals surface area (Å²) in [6, 6.07) is 7.81. The van der Waals surface area contributed by atoms with Gasteiger partial charge in [0.15, 0.2) is 0 Å². The van der Waals surface area contributed by atoms with Crippen LogP contribution in [0.5, 0.6) is 0 Å². The van der Waals surface area contributed by atoms with E-state index in [4.69, 9.17) is 0 Å². The van der Waals surface area contributed by atoms with Crippen LogP contribution >= 0.6 is 0 Å². The number of imidazole rings is 1. The monoisotopic (exact) mass is 174 g/mol. The van der Waals surface area contributed by atoms with E-state index in [0.29, 0.717) is 0 Å². The third-order valence-corrected chi connectivity index (χ3v) is 1.93. The molecular formula is C10H10N2O. The molecule has 0 atom stereocenters. The van der Waals surface area contributed by atoms with E-state index >= 15 is 0 Å². The number of aryl methyl sites for hydroxylation is 1. The Morgan fingerprint density at radius 3 is 2.85 bits per heavy atom. The Morgan fingerprint density at radius 1 is 1.38 bits per heavy atom. The maximum atomic E-state index is 11.2. The van der Waals surface area contributed by atoms with Gasteiger partial charge in [0.2, 0.25) is 0 Å². The van der Waals surface area contributed by atoms with Crippen molar-refractivity contribution in [3.8, 4) is 5.69 Å². The lowest BCUT2D eigenvalue weighted by Gasteiger charge is -2.00. The molecule has 1 aromatic carbocycles. The number of nitrogens with zero attached hydrogens (tertiary/aromatic N) is 1. The number of benzene rings is 1. The lowest BCUT2D eigenvalue weighted by molar-refractivity contribution is 0.985. The van der Waals surface area contributed by atoms with E-state index in [1.165, 1.54) is 0 Å². The van der Waals surface area contributed by atoms with Crippen LogP contribution in [0, 0.1) is 6.92 Å². The van der Waals surface area contributed by atoms with Crippen molar-refractivity contribution in [2.45, 2.75) is 6.92 Å². The largest absolute Gasteiger partial charge is 0.330 e. The van der Waals surface area contributed by atoms with E-state index in [-0.39, 0.29) is 5.69 Å². The first-order chi connectivity index (χ1) is 6.27. The molecule has 2 rings (SSSR count). The van der Waals surface area contributed by atoms with Gasteiger partial charge in [0.1, 0.15) is 0 Å². The second-order valence-corrected chi connectivity index (χ2v) is 2.97. The van der Waals surface area contributed by atoms with Crippen LogP contribution in [0.1, 0.15) is 5.56 Å². The van der Waals surface area contributed by atoms with Gasteiger partial charge in [-0.25, -0.2) is 4.79 Å². The fourth-order valence-electron chi connectivity index (χ4n) is 1.30. The van der Waals surface area contributed by atoms with Crippen molar-refractivity contribution in [2.75, 3.05) is 0 Å². The van der Waals surface area contributed by atoms with Crippen molar-refractivity contribution in [2.24, 2.45) is 0 Å². The van der Waals surface area contributed by atoms with E-state index in [1.54, 1.807) is 17.0 Å². The minimum absolute atomic E-state index is 0.106. The van der Waals surface area contributed by atoms with Crippen molar-refractivity contribution in [3.05, 3.63) is 52.7 Å². The lowest BCUT2D eigenvalue weighted by atomic mass is 10.2. The van der Waals surface area contributed by atoms with Crippen LogP contribution in [-0.2, 0) is 0 Å². The van der Waals surface area contributed by atoms with Crippen LogP contribution in [0.4, 0.5) is 0 Å². The predicted molar refractivity (Wildman–Crippen MR) is 51.1 cm³/mol. The molecule has 3 heteroatoms. The zero-order valence-corrected chi connectivity index (χ0v) is 7.32. The Balaban J connectivity index is 2.59. The molecule has 0 fully saturated rings. The SMILES string of the molecule is Cc1cccc(-n2cc[nH]c2=O)c1. The quantitative estimate of drug-likeness (QED) is 0.698. The average molecular weight is 174 g/mol. The van der Waals surface area contributed by atoms with Crippen LogP contribution in [0.15, 0.2) is 41.5 Å². The molecule has 0 aliphatic heterocycles. The van der Waals surface area contributed by atoms with Crippen molar-refractivity contribution >= 4 is 0 Å². The Labute approximate surface area is 75.7 Å². The summed E-state index contributed by atoms with van der Waals surface area (Å²) in [7, 11) is 0. The van der Waals surface area contributed by atoms with Crippen molar-refractivity contribution in [1.82, 2.24) is 9.55 Å². The number of H-pyrrole nitrogens is 1.